The van der Waals surface area contributed by atoms with Crippen molar-refractivity contribution >= 4 is 5.69 Å². The molecule has 0 aliphatic carbocycles. The summed E-state index contributed by atoms with van der Waals surface area (Å²) in [5.74, 6) is 0.208. The van der Waals surface area contributed by atoms with Gasteiger partial charge in [0, 0.05) is 30.8 Å². The molecule has 2 heterocycles. The molecule has 1 N–H and O–H groups in total. The zero-order chi connectivity index (χ0) is 14.1. The molecule has 0 radical (unpaired) electrons. The molecule has 108 valence electrons. The first-order valence-corrected chi connectivity index (χ1v) is 7.02. The normalized spacial score (nSPS) is 26.4. The number of nitrogens with zero attached hydrogens (tertiary/aromatic N) is 2. The van der Waals surface area contributed by atoms with E-state index in [0.717, 1.165) is 38.5 Å². The Morgan fingerprint density at radius 1 is 1.45 bits per heavy atom. The number of hydrogen-bond donors (Lipinski definition) is 1. The monoisotopic (exact) mass is 279 g/mol. The molecule has 0 aromatic heterocycles. The highest BCUT2D eigenvalue weighted by atomic mass is 19.1. The highest BCUT2D eigenvalue weighted by molar-refractivity contribution is 5.40. The second-order valence-electron chi connectivity index (χ2n) is 5.66. The quantitative estimate of drug-likeness (QED) is 0.678. The van der Waals surface area contributed by atoms with E-state index in [1.165, 1.54) is 12.1 Å². The van der Waals surface area contributed by atoms with Crippen LogP contribution < -0.4 is 5.32 Å². The van der Waals surface area contributed by atoms with E-state index < -0.39 is 10.7 Å². The first-order valence-electron chi connectivity index (χ1n) is 7.02. The predicted molar refractivity (Wildman–Crippen MR) is 72.8 cm³/mol. The third kappa shape index (κ3) is 2.66. The maximum absolute atomic E-state index is 13.3. The summed E-state index contributed by atoms with van der Waals surface area (Å²) in [5.41, 5.74) is 0.484. The van der Waals surface area contributed by atoms with Gasteiger partial charge in [0.1, 0.15) is 5.82 Å². The molecule has 0 bridgehead atoms. The van der Waals surface area contributed by atoms with Crippen LogP contribution in [-0.4, -0.2) is 35.5 Å². The fourth-order valence-electron chi connectivity index (χ4n) is 3.37. The minimum absolute atomic E-state index is 0.0121. The Balaban J connectivity index is 1.74. The van der Waals surface area contributed by atoms with Crippen molar-refractivity contribution in [2.24, 2.45) is 5.92 Å². The van der Waals surface area contributed by atoms with Gasteiger partial charge in [-0.05, 0) is 44.0 Å². The zero-order valence-corrected chi connectivity index (χ0v) is 11.2. The maximum atomic E-state index is 13.3. The Bertz CT molecular complexity index is 523. The van der Waals surface area contributed by atoms with Gasteiger partial charge in [0.05, 0.1) is 4.92 Å². The van der Waals surface area contributed by atoms with Gasteiger partial charge in [-0.3, -0.25) is 15.0 Å². The van der Waals surface area contributed by atoms with Crippen LogP contribution in [-0.2, 0) is 6.54 Å². The average Bonchev–Trinajstić information content (AvgIpc) is 2.85. The Morgan fingerprint density at radius 3 is 3.10 bits per heavy atom. The number of benzene rings is 1. The lowest BCUT2D eigenvalue weighted by Crippen LogP contribution is -2.44. The number of halogens is 1. The molecular weight excluding hydrogens is 261 g/mol. The van der Waals surface area contributed by atoms with Crippen molar-refractivity contribution in [1.29, 1.82) is 0 Å². The predicted octanol–water partition coefficient (Wildman–Crippen LogP) is 1.92. The number of nitro benzene ring substituents is 1. The van der Waals surface area contributed by atoms with Gasteiger partial charge in [0.2, 0.25) is 0 Å². The summed E-state index contributed by atoms with van der Waals surface area (Å²) in [7, 11) is 0. The molecule has 6 heteroatoms. The van der Waals surface area contributed by atoms with Crippen LogP contribution in [0.3, 0.4) is 0 Å². The fourth-order valence-corrected chi connectivity index (χ4v) is 3.37. The number of likely N-dealkylation sites (tertiary alicyclic amines) is 1. The number of fused-ring (bicyclic) bond motifs is 1. The van der Waals surface area contributed by atoms with Crippen LogP contribution in [0.25, 0.3) is 0 Å². The van der Waals surface area contributed by atoms with Gasteiger partial charge in [0.25, 0.3) is 5.69 Å². The highest BCUT2D eigenvalue weighted by Crippen LogP contribution is 2.27. The lowest BCUT2D eigenvalue weighted by molar-refractivity contribution is -0.385. The van der Waals surface area contributed by atoms with E-state index in [2.05, 4.69) is 10.2 Å². The van der Waals surface area contributed by atoms with Crippen molar-refractivity contribution < 1.29 is 9.31 Å². The molecular formula is C14H18FN3O2. The van der Waals surface area contributed by atoms with Crippen molar-refractivity contribution in [3.63, 3.8) is 0 Å². The number of nitro groups is 1. The van der Waals surface area contributed by atoms with E-state index in [1.807, 2.05) is 0 Å². The molecule has 0 spiro atoms. The summed E-state index contributed by atoms with van der Waals surface area (Å²) >= 11 is 0. The Kier molecular flexibility index (Phi) is 3.67. The molecule has 3 rings (SSSR count). The first-order chi connectivity index (χ1) is 9.63. The molecule has 2 aliphatic heterocycles. The van der Waals surface area contributed by atoms with Gasteiger partial charge < -0.3 is 5.32 Å². The van der Waals surface area contributed by atoms with E-state index in [-0.39, 0.29) is 5.69 Å². The molecule has 20 heavy (non-hydrogen) atoms. The van der Waals surface area contributed by atoms with Crippen LogP contribution in [0.2, 0.25) is 0 Å². The Labute approximate surface area is 116 Å². The number of piperidine rings is 1. The smallest absolute Gasteiger partial charge is 0.274 e. The fraction of sp³-hybridized carbons (Fsp3) is 0.571. The summed E-state index contributed by atoms with van der Waals surface area (Å²) < 4.78 is 13.3. The van der Waals surface area contributed by atoms with Crippen molar-refractivity contribution in [1.82, 2.24) is 10.2 Å². The van der Waals surface area contributed by atoms with E-state index >= 15 is 0 Å². The van der Waals surface area contributed by atoms with E-state index in [9.17, 15) is 14.5 Å². The minimum Gasteiger partial charge on any atom is -0.314 e. The summed E-state index contributed by atoms with van der Waals surface area (Å²) in [4.78, 5) is 12.8. The summed E-state index contributed by atoms with van der Waals surface area (Å²) in [6.45, 7) is 3.35. The summed E-state index contributed by atoms with van der Waals surface area (Å²) in [6.07, 6.45) is 2.22. The number of rotatable bonds is 3. The molecule has 0 saturated carbocycles. The van der Waals surface area contributed by atoms with Crippen LogP contribution in [0.4, 0.5) is 10.1 Å². The van der Waals surface area contributed by atoms with E-state index in [4.69, 9.17) is 0 Å². The van der Waals surface area contributed by atoms with E-state index in [1.54, 1.807) is 0 Å². The molecule has 2 saturated heterocycles. The Hall–Kier alpha value is -1.53. The van der Waals surface area contributed by atoms with Gasteiger partial charge in [-0.2, -0.15) is 0 Å². The summed E-state index contributed by atoms with van der Waals surface area (Å²) in [6, 6.07) is 4.29. The SMILES string of the molecule is O=[N+]([O-])c1ccc(F)cc1CN1CCC2NCCC2C1. The van der Waals surface area contributed by atoms with Gasteiger partial charge in [0.15, 0.2) is 0 Å². The minimum atomic E-state index is -0.432. The van der Waals surface area contributed by atoms with Gasteiger partial charge in [-0.25, -0.2) is 4.39 Å². The lowest BCUT2D eigenvalue weighted by atomic mass is 9.93. The highest BCUT2D eigenvalue weighted by Gasteiger charge is 2.33. The average molecular weight is 279 g/mol. The molecule has 1 aromatic carbocycles. The molecule has 2 atom stereocenters. The van der Waals surface area contributed by atoms with E-state index in [0.29, 0.717) is 24.1 Å². The standard InChI is InChI=1S/C14H18FN3O2/c15-12-1-2-14(18(19)20)11(7-12)9-17-6-4-13-10(8-17)3-5-16-13/h1-2,7,10,13,16H,3-6,8-9H2. The molecule has 0 amide bonds. The van der Waals surface area contributed by atoms with Gasteiger partial charge in [-0.1, -0.05) is 0 Å². The van der Waals surface area contributed by atoms with Gasteiger partial charge in [-0.15, -0.1) is 0 Å². The lowest BCUT2D eigenvalue weighted by Gasteiger charge is -2.34. The molecule has 2 aliphatic rings. The second-order valence-corrected chi connectivity index (χ2v) is 5.66. The van der Waals surface area contributed by atoms with Crippen LogP contribution >= 0.6 is 0 Å². The largest absolute Gasteiger partial charge is 0.314 e. The van der Waals surface area contributed by atoms with Crippen molar-refractivity contribution in [3.05, 3.63) is 39.7 Å². The molecule has 5 nitrogen and oxygen atoms in total. The topological polar surface area (TPSA) is 58.4 Å². The third-order valence-corrected chi connectivity index (χ3v) is 4.37. The molecule has 1 aromatic rings. The van der Waals surface area contributed by atoms with Crippen molar-refractivity contribution in [2.45, 2.75) is 25.4 Å². The van der Waals surface area contributed by atoms with Crippen LogP contribution in [0.15, 0.2) is 18.2 Å². The van der Waals surface area contributed by atoms with Crippen molar-refractivity contribution in [3.8, 4) is 0 Å². The molecule has 2 fully saturated rings. The third-order valence-electron chi connectivity index (χ3n) is 4.37. The van der Waals surface area contributed by atoms with Crippen LogP contribution in [0, 0.1) is 21.8 Å². The Morgan fingerprint density at radius 2 is 2.30 bits per heavy atom. The maximum Gasteiger partial charge on any atom is 0.274 e. The number of hydrogen-bond acceptors (Lipinski definition) is 4. The van der Waals surface area contributed by atoms with Gasteiger partial charge >= 0.3 is 0 Å². The second kappa shape index (κ2) is 5.46. The van der Waals surface area contributed by atoms with Crippen molar-refractivity contribution in [2.75, 3.05) is 19.6 Å². The van der Waals surface area contributed by atoms with Crippen LogP contribution in [0.1, 0.15) is 18.4 Å². The first kappa shape index (κ1) is 13.5. The van der Waals surface area contributed by atoms with Crippen LogP contribution in [0.5, 0.6) is 0 Å². The number of nitrogens with one attached hydrogen (secondary N) is 1. The molecule has 2 unspecified atom stereocenters. The zero-order valence-electron chi connectivity index (χ0n) is 11.2. The summed E-state index contributed by atoms with van der Waals surface area (Å²) in [5, 5.41) is 14.5.